The molecule has 0 heterocycles. The van der Waals surface area contributed by atoms with Crippen LogP contribution in [0, 0.1) is 6.92 Å². The molecule has 3 nitrogen and oxygen atoms in total. The molecule has 1 N–H and O–H groups in total. The Labute approximate surface area is 42.5 Å². The third kappa shape index (κ3) is 2.17. The van der Waals surface area contributed by atoms with Crippen LogP contribution in [-0.2, 0) is 4.79 Å². The van der Waals surface area contributed by atoms with E-state index in [2.05, 4.69) is 6.92 Å². The first-order valence-electron chi connectivity index (χ1n) is 1.93. The first kappa shape index (κ1) is 6.43. The molecule has 0 aromatic heterocycles. The van der Waals surface area contributed by atoms with E-state index in [1.165, 1.54) is 7.05 Å². The fraction of sp³-hybridized carbons (Fsp3) is 0.500. The summed E-state index contributed by atoms with van der Waals surface area (Å²) in [6.45, 7) is 3.26. The molecule has 0 aromatic rings. The molecule has 0 fully saturated rings. The summed E-state index contributed by atoms with van der Waals surface area (Å²) in [5.74, 6) is -0.375. The molecule has 0 saturated carbocycles. The van der Waals surface area contributed by atoms with Crippen LogP contribution in [-0.4, -0.2) is 23.2 Å². The molecule has 0 saturated heterocycles. The van der Waals surface area contributed by atoms with E-state index in [-0.39, 0.29) is 12.3 Å². The Morgan fingerprint density at radius 1 is 2.00 bits per heavy atom. The SMILES string of the molecule is [CH2]CC(=O)N(C)O. The number of nitrogens with zero attached hydrogens (tertiary/aromatic N) is 1. The number of rotatable bonds is 1. The molecule has 0 aliphatic heterocycles. The third-order valence-electron chi connectivity index (χ3n) is 0.575. The highest BCUT2D eigenvalue weighted by atomic mass is 16.5. The van der Waals surface area contributed by atoms with Crippen molar-refractivity contribution in [2.75, 3.05) is 7.05 Å². The van der Waals surface area contributed by atoms with Gasteiger partial charge >= 0.3 is 0 Å². The molecule has 7 heavy (non-hydrogen) atoms. The van der Waals surface area contributed by atoms with Crippen LogP contribution >= 0.6 is 0 Å². The molecule has 0 atom stereocenters. The van der Waals surface area contributed by atoms with Crippen LogP contribution in [0.1, 0.15) is 6.42 Å². The topological polar surface area (TPSA) is 40.5 Å². The molecule has 0 spiro atoms. The van der Waals surface area contributed by atoms with Gasteiger partial charge in [-0.25, -0.2) is 5.06 Å². The second-order valence-electron chi connectivity index (χ2n) is 1.17. The van der Waals surface area contributed by atoms with E-state index in [1.54, 1.807) is 0 Å². The maximum atomic E-state index is 10.1. The Bertz CT molecular complexity index is 70.1. The zero-order valence-electron chi connectivity index (χ0n) is 4.22. The largest absolute Gasteiger partial charge is 0.286 e. The summed E-state index contributed by atoms with van der Waals surface area (Å²) in [6, 6.07) is 0. The predicted molar refractivity (Wildman–Crippen MR) is 24.5 cm³/mol. The Morgan fingerprint density at radius 2 is 2.43 bits per heavy atom. The summed E-state index contributed by atoms with van der Waals surface area (Å²) in [7, 11) is 1.27. The van der Waals surface area contributed by atoms with Gasteiger partial charge in [-0.05, 0) is 6.92 Å². The van der Waals surface area contributed by atoms with Gasteiger partial charge in [-0.1, -0.05) is 0 Å². The van der Waals surface area contributed by atoms with Crippen molar-refractivity contribution in [1.29, 1.82) is 0 Å². The van der Waals surface area contributed by atoms with Gasteiger partial charge in [0.05, 0.1) is 0 Å². The van der Waals surface area contributed by atoms with Crippen LogP contribution in [0.5, 0.6) is 0 Å². The Morgan fingerprint density at radius 3 is 2.43 bits per heavy atom. The maximum absolute atomic E-state index is 10.1. The molecule has 3 heteroatoms. The van der Waals surface area contributed by atoms with Crippen molar-refractivity contribution in [2.24, 2.45) is 0 Å². The quantitative estimate of drug-likeness (QED) is 0.375. The predicted octanol–water partition coefficient (Wildman–Crippen LogP) is 0.0582. The van der Waals surface area contributed by atoms with Crippen molar-refractivity contribution in [1.82, 2.24) is 5.06 Å². The van der Waals surface area contributed by atoms with Gasteiger partial charge in [0, 0.05) is 13.5 Å². The minimum Gasteiger partial charge on any atom is -0.286 e. The van der Waals surface area contributed by atoms with Crippen molar-refractivity contribution >= 4 is 5.91 Å². The van der Waals surface area contributed by atoms with E-state index in [1.807, 2.05) is 0 Å². The lowest BCUT2D eigenvalue weighted by molar-refractivity contribution is -0.158. The summed E-state index contributed by atoms with van der Waals surface area (Å²) in [4.78, 5) is 10.1. The average Bonchev–Trinajstić information content (AvgIpc) is 1.65. The Hall–Kier alpha value is -0.570. The lowest BCUT2D eigenvalue weighted by atomic mass is 10.5. The van der Waals surface area contributed by atoms with Crippen molar-refractivity contribution < 1.29 is 10.0 Å². The summed E-state index contributed by atoms with van der Waals surface area (Å²) in [5.41, 5.74) is 0. The molecule has 0 aliphatic carbocycles. The van der Waals surface area contributed by atoms with E-state index in [0.29, 0.717) is 5.06 Å². The minimum atomic E-state index is -0.375. The first-order chi connectivity index (χ1) is 3.18. The van der Waals surface area contributed by atoms with Gasteiger partial charge in [0.2, 0.25) is 5.91 Å². The number of amides is 1. The van der Waals surface area contributed by atoms with Crippen molar-refractivity contribution in [3.63, 3.8) is 0 Å². The molecule has 1 amide bonds. The second kappa shape index (κ2) is 2.58. The van der Waals surface area contributed by atoms with Crippen LogP contribution in [0.4, 0.5) is 0 Å². The van der Waals surface area contributed by atoms with Gasteiger partial charge in [-0.3, -0.25) is 10.0 Å². The summed E-state index contributed by atoms with van der Waals surface area (Å²) >= 11 is 0. The lowest BCUT2D eigenvalue weighted by Gasteiger charge is -2.03. The molecule has 41 valence electrons. The molecule has 1 radical (unpaired) electrons. The van der Waals surface area contributed by atoms with Crippen molar-refractivity contribution in [3.8, 4) is 0 Å². The lowest BCUT2D eigenvalue weighted by Crippen LogP contribution is -2.20. The van der Waals surface area contributed by atoms with Crippen LogP contribution < -0.4 is 0 Å². The zero-order valence-corrected chi connectivity index (χ0v) is 4.22. The second-order valence-corrected chi connectivity index (χ2v) is 1.17. The van der Waals surface area contributed by atoms with Gasteiger partial charge in [0.1, 0.15) is 0 Å². The molecule has 0 aliphatic rings. The van der Waals surface area contributed by atoms with E-state index in [4.69, 9.17) is 5.21 Å². The fourth-order valence-electron chi connectivity index (χ4n) is 0.162. The number of hydroxylamine groups is 2. The Balaban J connectivity index is 3.35. The minimum absolute atomic E-state index is 0.104. The van der Waals surface area contributed by atoms with Crippen molar-refractivity contribution in [2.45, 2.75) is 6.42 Å². The van der Waals surface area contributed by atoms with E-state index >= 15 is 0 Å². The summed E-state index contributed by atoms with van der Waals surface area (Å²) < 4.78 is 0. The molecule has 0 aromatic carbocycles. The van der Waals surface area contributed by atoms with Crippen LogP contribution in [0.3, 0.4) is 0 Å². The highest BCUT2D eigenvalue weighted by molar-refractivity contribution is 5.74. The van der Waals surface area contributed by atoms with E-state index < -0.39 is 0 Å². The monoisotopic (exact) mass is 102 g/mol. The Kier molecular flexibility index (Phi) is 2.37. The normalized spacial score (nSPS) is 8.43. The molecule has 0 rings (SSSR count). The standard InChI is InChI=1S/C4H8NO2/c1-3-4(6)5(2)7/h7H,1,3H2,2H3. The average molecular weight is 102 g/mol. The number of hydrogen-bond acceptors (Lipinski definition) is 2. The van der Waals surface area contributed by atoms with Gasteiger partial charge in [-0.2, -0.15) is 0 Å². The zero-order chi connectivity index (χ0) is 5.86. The van der Waals surface area contributed by atoms with Gasteiger partial charge in [0.15, 0.2) is 0 Å². The molecular formula is C4H8NO2. The molecule has 0 bridgehead atoms. The number of carbonyl (C=O) groups excluding carboxylic acids is 1. The van der Waals surface area contributed by atoms with Gasteiger partial charge in [0.25, 0.3) is 0 Å². The summed E-state index contributed by atoms with van der Waals surface area (Å²) in [6.07, 6.45) is 0.104. The molecule has 0 unspecified atom stereocenters. The highest BCUT2D eigenvalue weighted by Gasteiger charge is 1.97. The molecular weight excluding hydrogens is 94.0 g/mol. The van der Waals surface area contributed by atoms with Crippen molar-refractivity contribution in [3.05, 3.63) is 6.92 Å². The maximum Gasteiger partial charge on any atom is 0.245 e. The fourth-order valence-corrected chi connectivity index (χ4v) is 0.162. The van der Waals surface area contributed by atoms with Crippen LogP contribution in [0.15, 0.2) is 0 Å². The van der Waals surface area contributed by atoms with Crippen LogP contribution in [0.2, 0.25) is 0 Å². The van der Waals surface area contributed by atoms with Crippen LogP contribution in [0.25, 0.3) is 0 Å². The van der Waals surface area contributed by atoms with Gasteiger partial charge < -0.3 is 0 Å². The number of carbonyl (C=O) groups is 1. The number of hydrogen-bond donors (Lipinski definition) is 1. The smallest absolute Gasteiger partial charge is 0.245 e. The highest BCUT2D eigenvalue weighted by Crippen LogP contribution is 1.80. The van der Waals surface area contributed by atoms with E-state index in [9.17, 15) is 4.79 Å². The first-order valence-corrected chi connectivity index (χ1v) is 1.93. The van der Waals surface area contributed by atoms with E-state index in [0.717, 1.165) is 0 Å². The third-order valence-corrected chi connectivity index (χ3v) is 0.575. The van der Waals surface area contributed by atoms with Gasteiger partial charge in [-0.15, -0.1) is 0 Å². The summed E-state index contributed by atoms with van der Waals surface area (Å²) in [5, 5.41) is 8.79.